The molecule has 0 bridgehead atoms. The van der Waals surface area contributed by atoms with Gasteiger partial charge in [0.25, 0.3) is 0 Å². The largest absolute Gasteiger partial charge is 0.288 e. The van der Waals surface area contributed by atoms with Crippen molar-refractivity contribution in [2.24, 2.45) is 0 Å². The van der Waals surface area contributed by atoms with E-state index in [1.807, 2.05) is 0 Å². The highest BCUT2D eigenvalue weighted by atomic mass is 16.1. The molecule has 0 saturated carbocycles. The first-order chi connectivity index (χ1) is 4.34. The lowest BCUT2D eigenvalue weighted by molar-refractivity contribution is 0.104. The van der Waals surface area contributed by atoms with Crippen molar-refractivity contribution < 1.29 is 4.79 Å². The molecule has 0 amide bonds. The predicted octanol–water partition coefficient (Wildman–Crippen LogP) is 0.778. The monoisotopic (exact) mass is 122 g/mol. The molecule has 0 atom stereocenters. The zero-order chi connectivity index (χ0) is 6.69. The summed E-state index contributed by atoms with van der Waals surface area (Å²) in [6, 6.07) is 1.60. The minimum Gasteiger partial charge on any atom is -0.288 e. The van der Waals surface area contributed by atoms with Crippen molar-refractivity contribution >= 4 is 5.78 Å². The molecular weight excluding hydrogens is 116 g/mol. The molecule has 1 aromatic rings. The van der Waals surface area contributed by atoms with Gasteiger partial charge in [-0.05, 0) is 12.1 Å². The molecule has 1 heterocycles. The number of nitrogens with one attached hydrogen (secondary N) is 1. The molecule has 1 aromatic heterocycles. The van der Waals surface area contributed by atoms with Gasteiger partial charge < -0.3 is 0 Å². The summed E-state index contributed by atoms with van der Waals surface area (Å²) in [6.07, 6.45) is 2.77. The Hall–Kier alpha value is -1.38. The van der Waals surface area contributed by atoms with E-state index in [1.54, 1.807) is 6.07 Å². The molecule has 3 heteroatoms. The van der Waals surface area contributed by atoms with Gasteiger partial charge in [0, 0.05) is 6.20 Å². The SMILES string of the molecule is C=CC(=O)c1ccn[nH]1. The minimum absolute atomic E-state index is 0.132. The van der Waals surface area contributed by atoms with Gasteiger partial charge in [-0.15, -0.1) is 0 Å². The zero-order valence-corrected chi connectivity index (χ0v) is 4.79. The van der Waals surface area contributed by atoms with Crippen LogP contribution in [0.5, 0.6) is 0 Å². The summed E-state index contributed by atoms with van der Waals surface area (Å²) >= 11 is 0. The van der Waals surface area contributed by atoms with Crippen molar-refractivity contribution in [3.8, 4) is 0 Å². The second-order valence-electron chi connectivity index (χ2n) is 1.54. The maximum absolute atomic E-state index is 10.7. The van der Waals surface area contributed by atoms with Gasteiger partial charge in [0.15, 0.2) is 0 Å². The van der Waals surface area contributed by atoms with E-state index in [1.165, 1.54) is 12.3 Å². The van der Waals surface area contributed by atoms with Gasteiger partial charge in [0.05, 0.1) is 0 Å². The Morgan fingerprint density at radius 2 is 2.67 bits per heavy atom. The van der Waals surface area contributed by atoms with Gasteiger partial charge >= 0.3 is 0 Å². The molecule has 0 aliphatic heterocycles. The van der Waals surface area contributed by atoms with Crippen LogP contribution in [-0.2, 0) is 0 Å². The second-order valence-corrected chi connectivity index (χ2v) is 1.54. The number of ketones is 1. The number of hydrogen-bond donors (Lipinski definition) is 1. The molecule has 46 valence electrons. The third-order valence-electron chi connectivity index (χ3n) is 0.952. The third-order valence-corrected chi connectivity index (χ3v) is 0.952. The highest BCUT2D eigenvalue weighted by Gasteiger charge is 1.98. The number of aromatic amines is 1. The lowest BCUT2D eigenvalue weighted by Gasteiger charge is -1.82. The number of carbonyl (C=O) groups is 1. The number of carbonyl (C=O) groups excluding carboxylic acids is 1. The van der Waals surface area contributed by atoms with Crippen molar-refractivity contribution in [3.63, 3.8) is 0 Å². The molecule has 0 unspecified atom stereocenters. The van der Waals surface area contributed by atoms with Crippen molar-refractivity contribution in [2.45, 2.75) is 0 Å². The van der Waals surface area contributed by atoms with E-state index in [0.29, 0.717) is 5.69 Å². The number of H-pyrrole nitrogens is 1. The third kappa shape index (κ3) is 1.05. The fraction of sp³-hybridized carbons (Fsp3) is 0. The maximum atomic E-state index is 10.7. The van der Waals surface area contributed by atoms with Crippen molar-refractivity contribution in [2.75, 3.05) is 0 Å². The Bertz CT molecular complexity index is 213. The van der Waals surface area contributed by atoms with Gasteiger partial charge in [-0.25, -0.2) is 0 Å². The van der Waals surface area contributed by atoms with E-state index in [0.717, 1.165) is 0 Å². The average molecular weight is 122 g/mol. The topological polar surface area (TPSA) is 45.8 Å². The lowest BCUT2D eigenvalue weighted by Crippen LogP contribution is -1.92. The number of aromatic nitrogens is 2. The van der Waals surface area contributed by atoms with E-state index in [2.05, 4.69) is 16.8 Å². The van der Waals surface area contributed by atoms with Gasteiger partial charge in [-0.1, -0.05) is 6.58 Å². The van der Waals surface area contributed by atoms with Crippen molar-refractivity contribution in [1.82, 2.24) is 10.2 Å². The van der Waals surface area contributed by atoms with Crippen LogP contribution in [0.3, 0.4) is 0 Å². The lowest BCUT2D eigenvalue weighted by atomic mass is 10.3. The first-order valence-corrected chi connectivity index (χ1v) is 2.50. The van der Waals surface area contributed by atoms with Gasteiger partial charge in [-0.2, -0.15) is 5.10 Å². The first kappa shape index (κ1) is 5.75. The van der Waals surface area contributed by atoms with Crippen LogP contribution in [0.1, 0.15) is 10.5 Å². The maximum Gasteiger partial charge on any atom is 0.202 e. The van der Waals surface area contributed by atoms with Crippen LogP contribution < -0.4 is 0 Å². The van der Waals surface area contributed by atoms with Crippen molar-refractivity contribution in [3.05, 3.63) is 30.6 Å². The fourth-order valence-corrected chi connectivity index (χ4v) is 0.503. The second kappa shape index (κ2) is 2.26. The number of allylic oxidation sites excluding steroid dienone is 1. The van der Waals surface area contributed by atoms with E-state index in [-0.39, 0.29) is 5.78 Å². The number of nitrogens with zero attached hydrogens (tertiary/aromatic N) is 1. The van der Waals surface area contributed by atoms with Crippen LogP contribution in [0.4, 0.5) is 0 Å². The van der Waals surface area contributed by atoms with Crippen molar-refractivity contribution in [1.29, 1.82) is 0 Å². The Morgan fingerprint density at radius 1 is 1.89 bits per heavy atom. The molecule has 0 aliphatic rings. The van der Waals surface area contributed by atoms with Gasteiger partial charge in [0.1, 0.15) is 5.69 Å². The van der Waals surface area contributed by atoms with Crippen LogP contribution in [0.15, 0.2) is 24.9 Å². The van der Waals surface area contributed by atoms with E-state index < -0.39 is 0 Å². The molecule has 0 saturated heterocycles. The normalized spacial score (nSPS) is 8.89. The quantitative estimate of drug-likeness (QED) is 0.465. The molecule has 0 spiro atoms. The Balaban J connectivity index is 2.89. The smallest absolute Gasteiger partial charge is 0.202 e. The standard InChI is InChI=1S/C6H6N2O/c1-2-6(9)5-3-4-7-8-5/h2-4H,1H2,(H,7,8). The summed E-state index contributed by atoms with van der Waals surface area (Å²) in [5.41, 5.74) is 0.477. The first-order valence-electron chi connectivity index (χ1n) is 2.50. The van der Waals surface area contributed by atoms with Crippen LogP contribution in [0.2, 0.25) is 0 Å². The highest BCUT2D eigenvalue weighted by Crippen LogP contribution is 1.92. The molecular formula is C6H6N2O. The molecule has 1 N–H and O–H groups in total. The summed E-state index contributed by atoms with van der Waals surface area (Å²) in [5.74, 6) is -0.132. The highest BCUT2D eigenvalue weighted by molar-refractivity contribution is 6.02. The summed E-state index contributed by atoms with van der Waals surface area (Å²) in [5, 5.41) is 6.11. The minimum atomic E-state index is -0.132. The van der Waals surface area contributed by atoms with E-state index in [9.17, 15) is 4.79 Å². The average Bonchev–Trinajstić information content (AvgIpc) is 2.37. The molecule has 0 aromatic carbocycles. The van der Waals surface area contributed by atoms with Gasteiger partial charge in [-0.3, -0.25) is 9.89 Å². The Kier molecular flexibility index (Phi) is 1.44. The number of hydrogen-bond acceptors (Lipinski definition) is 2. The molecule has 0 aliphatic carbocycles. The molecule has 0 radical (unpaired) electrons. The Labute approximate surface area is 52.4 Å². The summed E-state index contributed by atoms with van der Waals surface area (Å²) in [7, 11) is 0. The molecule has 9 heavy (non-hydrogen) atoms. The summed E-state index contributed by atoms with van der Waals surface area (Å²) in [4.78, 5) is 10.7. The Morgan fingerprint density at radius 3 is 3.11 bits per heavy atom. The van der Waals surface area contributed by atoms with E-state index in [4.69, 9.17) is 0 Å². The number of rotatable bonds is 2. The van der Waals surface area contributed by atoms with Crippen LogP contribution in [0, 0.1) is 0 Å². The van der Waals surface area contributed by atoms with E-state index >= 15 is 0 Å². The summed E-state index contributed by atoms with van der Waals surface area (Å²) in [6.45, 7) is 3.32. The van der Waals surface area contributed by atoms with Crippen LogP contribution in [0.25, 0.3) is 0 Å². The predicted molar refractivity (Wildman–Crippen MR) is 33.1 cm³/mol. The molecule has 1 rings (SSSR count). The van der Waals surface area contributed by atoms with Crippen LogP contribution >= 0.6 is 0 Å². The van der Waals surface area contributed by atoms with Gasteiger partial charge in [0.2, 0.25) is 5.78 Å². The summed E-state index contributed by atoms with van der Waals surface area (Å²) < 4.78 is 0. The fourth-order valence-electron chi connectivity index (χ4n) is 0.503. The molecule has 0 fully saturated rings. The zero-order valence-electron chi connectivity index (χ0n) is 4.79. The molecule has 3 nitrogen and oxygen atoms in total. The van der Waals surface area contributed by atoms with Crippen LogP contribution in [-0.4, -0.2) is 16.0 Å².